The molecule has 140 valence electrons. The van der Waals surface area contributed by atoms with Crippen molar-refractivity contribution in [2.75, 3.05) is 13.2 Å². The summed E-state index contributed by atoms with van der Waals surface area (Å²) < 4.78 is 6.55. The fourth-order valence-corrected chi connectivity index (χ4v) is 4.32. The second-order valence-electron chi connectivity index (χ2n) is 6.34. The molecule has 0 unspecified atom stereocenters. The predicted octanol–water partition coefficient (Wildman–Crippen LogP) is 4.84. The number of benzene rings is 3. The van der Waals surface area contributed by atoms with Crippen LogP contribution < -0.4 is 10.5 Å². The lowest BCUT2D eigenvalue weighted by Gasteiger charge is -2.07. The third kappa shape index (κ3) is 3.50. The average molecular weight is 389 g/mol. The van der Waals surface area contributed by atoms with Crippen LogP contribution in [0.25, 0.3) is 20.5 Å². The summed E-state index contributed by atoms with van der Waals surface area (Å²) in [5.74, 6) is 0.854. The van der Waals surface area contributed by atoms with Crippen molar-refractivity contribution in [2.45, 2.75) is 0 Å². The van der Waals surface area contributed by atoms with Crippen LogP contribution in [0.5, 0.6) is 11.5 Å². The maximum atomic E-state index is 13.4. The summed E-state index contributed by atoms with van der Waals surface area (Å²) >= 11 is 1.58. The minimum Gasteiger partial charge on any atom is -0.508 e. The van der Waals surface area contributed by atoms with E-state index in [9.17, 15) is 9.90 Å². The zero-order chi connectivity index (χ0) is 19.5. The molecule has 4 aromatic rings. The number of carbonyl (C=O) groups excluding carboxylic acids is 1. The van der Waals surface area contributed by atoms with Crippen molar-refractivity contribution in [3.05, 3.63) is 83.9 Å². The number of hydrogen-bond acceptors (Lipinski definition) is 5. The standard InChI is InChI=1S/C23H19NO3S/c24-13-14-27-18-11-7-15(8-12-18)22(26)21-19-3-1-2-4-20(19)28-23(21)16-5-9-17(25)10-6-16/h1-12,25H,13-14,24H2. The van der Waals surface area contributed by atoms with Crippen molar-refractivity contribution in [1.29, 1.82) is 0 Å². The number of aromatic hydroxyl groups is 1. The van der Waals surface area contributed by atoms with Gasteiger partial charge >= 0.3 is 0 Å². The maximum absolute atomic E-state index is 13.4. The summed E-state index contributed by atoms with van der Waals surface area (Å²) in [7, 11) is 0. The van der Waals surface area contributed by atoms with Crippen molar-refractivity contribution < 1.29 is 14.6 Å². The average Bonchev–Trinajstić information content (AvgIpc) is 3.12. The van der Waals surface area contributed by atoms with Gasteiger partial charge in [0.25, 0.3) is 0 Å². The van der Waals surface area contributed by atoms with Crippen LogP contribution in [0.15, 0.2) is 72.8 Å². The second kappa shape index (κ2) is 7.84. The van der Waals surface area contributed by atoms with E-state index in [1.54, 1.807) is 47.7 Å². The van der Waals surface area contributed by atoms with Gasteiger partial charge in [0.15, 0.2) is 5.78 Å². The Bertz CT molecular complexity index is 1120. The van der Waals surface area contributed by atoms with Crippen LogP contribution in [-0.4, -0.2) is 24.0 Å². The first-order chi connectivity index (χ1) is 13.7. The lowest BCUT2D eigenvalue weighted by atomic mass is 9.97. The second-order valence-corrected chi connectivity index (χ2v) is 7.39. The van der Waals surface area contributed by atoms with E-state index in [1.165, 1.54) is 0 Å². The predicted molar refractivity (Wildman–Crippen MR) is 113 cm³/mol. The molecule has 4 rings (SSSR count). The topological polar surface area (TPSA) is 72.5 Å². The molecule has 0 radical (unpaired) electrons. The molecule has 1 heterocycles. The Balaban J connectivity index is 1.79. The molecule has 0 aliphatic rings. The summed E-state index contributed by atoms with van der Waals surface area (Å²) in [6.45, 7) is 0.880. The zero-order valence-corrected chi connectivity index (χ0v) is 15.9. The van der Waals surface area contributed by atoms with Crippen molar-refractivity contribution in [1.82, 2.24) is 0 Å². The van der Waals surface area contributed by atoms with Crippen LogP contribution in [0.3, 0.4) is 0 Å². The highest BCUT2D eigenvalue weighted by Gasteiger charge is 2.21. The molecule has 0 saturated carbocycles. The van der Waals surface area contributed by atoms with Crippen LogP contribution >= 0.6 is 11.3 Å². The fourth-order valence-electron chi connectivity index (χ4n) is 3.11. The van der Waals surface area contributed by atoms with E-state index in [-0.39, 0.29) is 11.5 Å². The normalized spacial score (nSPS) is 10.9. The SMILES string of the molecule is NCCOc1ccc(C(=O)c2c(-c3ccc(O)cc3)sc3ccccc23)cc1. The molecule has 0 fully saturated rings. The number of rotatable bonds is 6. The van der Waals surface area contributed by atoms with Crippen LogP contribution in [-0.2, 0) is 0 Å². The molecule has 4 nitrogen and oxygen atoms in total. The third-order valence-electron chi connectivity index (χ3n) is 4.46. The lowest BCUT2D eigenvalue weighted by Crippen LogP contribution is -2.10. The third-order valence-corrected chi connectivity index (χ3v) is 5.67. The van der Waals surface area contributed by atoms with E-state index in [0.717, 1.165) is 20.5 Å². The van der Waals surface area contributed by atoms with Gasteiger partial charge in [-0.15, -0.1) is 11.3 Å². The number of ether oxygens (including phenoxy) is 1. The van der Waals surface area contributed by atoms with Gasteiger partial charge in [0, 0.05) is 32.6 Å². The Morgan fingerprint density at radius 1 is 0.964 bits per heavy atom. The molecule has 0 saturated heterocycles. The highest BCUT2D eigenvalue weighted by Crippen LogP contribution is 2.40. The first kappa shape index (κ1) is 18.2. The van der Waals surface area contributed by atoms with E-state index >= 15 is 0 Å². The van der Waals surface area contributed by atoms with Gasteiger partial charge in [-0.2, -0.15) is 0 Å². The van der Waals surface area contributed by atoms with E-state index in [2.05, 4.69) is 0 Å². The van der Waals surface area contributed by atoms with Gasteiger partial charge in [0.1, 0.15) is 18.1 Å². The van der Waals surface area contributed by atoms with Gasteiger partial charge in [-0.25, -0.2) is 0 Å². The summed E-state index contributed by atoms with van der Waals surface area (Å²) in [6.07, 6.45) is 0. The number of carbonyl (C=O) groups is 1. The molecule has 0 bridgehead atoms. The highest BCUT2D eigenvalue weighted by atomic mass is 32.1. The summed E-state index contributed by atoms with van der Waals surface area (Å²) in [5, 5.41) is 10.5. The molecule has 3 N–H and O–H groups in total. The molecular formula is C23H19NO3S. The van der Waals surface area contributed by atoms with E-state index < -0.39 is 0 Å². The smallest absolute Gasteiger partial charge is 0.195 e. The number of ketones is 1. The maximum Gasteiger partial charge on any atom is 0.195 e. The highest BCUT2D eigenvalue weighted by molar-refractivity contribution is 7.22. The Morgan fingerprint density at radius 3 is 2.39 bits per heavy atom. The molecule has 0 amide bonds. The number of phenolic OH excluding ortho intramolecular Hbond substituents is 1. The van der Waals surface area contributed by atoms with Gasteiger partial charge in [-0.3, -0.25) is 4.79 Å². The Kier molecular flexibility index (Phi) is 5.10. The molecule has 0 atom stereocenters. The molecule has 0 aliphatic carbocycles. The number of thiophene rings is 1. The first-order valence-corrected chi connectivity index (χ1v) is 9.77. The van der Waals surface area contributed by atoms with Gasteiger partial charge < -0.3 is 15.6 Å². The van der Waals surface area contributed by atoms with Crippen molar-refractivity contribution >= 4 is 27.2 Å². The van der Waals surface area contributed by atoms with Gasteiger partial charge in [0.05, 0.1) is 0 Å². The Hall–Kier alpha value is -3.15. The molecule has 5 heteroatoms. The van der Waals surface area contributed by atoms with Crippen LogP contribution in [0, 0.1) is 0 Å². The minimum absolute atomic E-state index is 0.0362. The van der Waals surface area contributed by atoms with Crippen molar-refractivity contribution in [3.8, 4) is 21.9 Å². The van der Waals surface area contributed by atoms with Crippen molar-refractivity contribution in [2.24, 2.45) is 5.73 Å². The Morgan fingerprint density at radius 2 is 1.68 bits per heavy atom. The number of phenols is 1. The van der Waals surface area contributed by atoms with E-state index in [1.807, 2.05) is 36.4 Å². The summed E-state index contributed by atoms with van der Waals surface area (Å²) in [4.78, 5) is 14.3. The molecule has 1 aromatic heterocycles. The molecule has 28 heavy (non-hydrogen) atoms. The largest absolute Gasteiger partial charge is 0.508 e. The first-order valence-electron chi connectivity index (χ1n) is 8.96. The zero-order valence-electron chi connectivity index (χ0n) is 15.1. The van der Waals surface area contributed by atoms with Crippen LogP contribution in [0.4, 0.5) is 0 Å². The molecule has 0 aliphatic heterocycles. The van der Waals surface area contributed by atoms with Gasteiger partial charge in [-0.05, 0) is 60.2 Å². The molecular weight excluding hydrogens is 370 g/mol. The summed E-state index contributed by atoms with van der Waals surface area (Å²) in [6, 6.07) is 22.0. The van der Waals surface area contributed by atoms with Crippen molar-refractivity contribution in [3.63, 3.8) is 0 Å². The van der Waals surface area contributed by atoms with Crippen LogP contribution in [0.1, 0.15) is 15.9 Å². The van der Waals surface area contributed by atoms with Gasteiger partial charge in [0.2, 0.25) is 0 Å². The Labute approximate surface area is 166 Å². The van der Waals surface area contributed by atoms with E-state index in [4.69, 9.17) is 10.5 Å². The summed E-state index contributed by atoms with van der Waals surface area (Å²) in [5.41, 5.74) is 7.65. The fraction of sp³-hybridized carbons (Fsp3) is 0.0870. The quantitative estimate of drug-likeness (QED) is 0.463. The lowest BCUT2D eigenvalue weighted by molar-refractivity contribution is 0.104. The molecule has 0 spiro atoms. The molecule has 3 aromatic carbocycles. The number of nitrogens with two attached hydrogens (primary N) is 1. The number of fused-ring (bicyclic) bond motifs is 1. The monoisotopic (exact) mass is 389 g/mol. The number of hydrogen-bond donors (Lipinski definition) is 2. The van der Waals surface area contributed by atoms with Gasteiger partial charge in [-0.1, -0.05) is 18.2 Å². The van der Waals surface area contributed by atoms with E-state index in [0.29, 0.717) is 30.0 Å². The minimum atomic E-state index is -0.0362. The van der Waals surface area contributed by atoms with Crippen LogP contribution in [0.2, 0.25) is 0 Å².